The lowest BCUT2D eigenvalue weighted by Gasteiger charge is -2.34. The highest BCUT2D eigenvalue weighted by molar-refractivity contribution is 6.08. The van der Waals surface area contributed by atoms with Gasteiger partial charge in [0.05, 0.1) is 28.6 Å². The summed E-state index contributed by atoms with van der Waals surface area (Å²) >= 11 is 0. The van der Waals surface area contributed by atoms with Crippen LogP contribution in [0.3, 0.4) is 0 Å². The summed E-state index contributed by atoms with van der Waals surface area (Å²) in [5.74, 6) is 0.632. The molecule has 3 aromatic carbocycles. The number of carbonyl (C=O) groups is 1. The number of nitrogens with zero attached hydrogens (tertiary/aromatic N) is 4. The van der Waals surface area contributed by atoms with E-state index in [2.05, 4.69) is 31.5 Å². The fraction of sp³-hybridized carbons (Fsp3) is 0.0833. The van der Waals surface area contributed by atoms with Crippen LogP contribution in [0.2, 0.25) is 0 Å². The molecule has 0 radical (unpaired) electrons. The molecule has 1 amide bonds. The van der Waals surface area contributed by atoms with Crippen molar-refractivity contribution < 1.29 is 4.79 Å². The molecule has 2 N–H and O–H groups in total. The second-order valence-corrected chi connectivity index (χ2v) is 7.58. The van der Waals surface area contributed by atoms with Gasteiger partial charge in [-0.3, -0.25) is 14.8 Å². The number of carbonyl (C=O) groups excluding carboxylic acids is 1. The largest absolute Gasteiger partial charge is 0.357 e. The molecule has 0 spiro atoms. The highest BCUT2D eigenvalue weighted by Gasteiger charge is 2.34. The molecule has 0 aliphatic carbocycles. The fourth-order valence-electron chi connectivity index (χ4n) is 4.21. The first-order chi connectivity index (χ1) is 15.3. The number of aromatic nitrogens is 4. The van der Waals surface area contributed by atoms with E-state index in [0.717, 1.165) is 38.7 Å². The first kappa shape index (κ1) is 17.6. The average molecular weight is 406 g/mol. The Balaban J connectivity index is 1.44. The highest BCUT2D eigenvalue weighted by atomic mass is 16.2. The first-order valence-electron chi connectivity index (χ1n) is 10.1. The Morgan fingerprint density at radius 2 is 1.87 bits per heavy atom. The third-order valence-electron chi connectivity index (χ3n) is 5.71. The van der Waals surface area contributed by atoms with E-state index in [9.17, 15) is 4.79 Å². The Morgan fingerprint density at radius 3 is 2.84 bits per heavy atom. The van der Waals surface area contributed by atoms with Gasteiger partial charge in [0, 0.05) is 17.2 Å². The van der Waals surface area contributed by atoms with Gasteiger partial charge in [-0.2, -0.15) is 5.10 Å². The number of nitrogens with one attached hydrogen (secondary N) is 2. The van der Waals surface area contributed by atoms with Crippen molar-refractivity contribution in [2.75, 3.05) is 10.2 Å². The van der Waals surface area contributed by atoms with Crippen molar-refractivity contribution in [3.05, 3.63) is 84.8 Å². The molecule has 0 fully saturated rings. The molecule has 2 aromatic heterocycles. The predicted molar refractivity (Wildman–Crippen MR) is 120 cm³/mol. The van der Waals surface area contributed by atoms with E-state index in [1.165, 1.54) is 6.33 Å². The molecule has 1 unspecified atom stereocenters. The van der Waals surface area contributed by atoms with Crippen molar-refractivity contribution in [3.63, 3.8) is 0 Å². The van der Waals surface area contributed by atoms with E-state index < -0.39 is 6.04 Å². The number of rotatable bonds is 3. The summed E-state index contributed by atoms with van der Waals surface area (Å²) in [5.41, 5.74) is 4.53. The zero-order valence-corrected chi connectivity index (χ0v) is 16.5. The van der Waals surface area contributed by atoms with Crippen LogP contribution in [0.15, 0.2) is 79.3 Å². The molecule has 7 nitrogen and oxygen atoms in total. The van der Waals surface area contributed by atoms with Gasteiger partial charge >= 0.3 is 0 Å². The lowest BCUT2D eigenvalue weighted by molar-refractivity contribution is -0.118. The van der Waals surface area contributed by atoms with E-state index in [-0.39, 0.29) is 5.91 Å². The number of aromatic amines is 1. The average Bonchev–Trinajstić information content (AvgIpc) is 3.28. The number of benzene rings is 3. The van der Waals surface area contributed by atoms with Crippen molar-refractivity contribution in [3.8, 4) is 0 Å². The number of fused-ring (bicyclic) bond motifs is 3. The molecule has 0 bridgehead atoms. The molecule has 6 rings (SSSR count). The number of hydrogen-bond donors (Lipinski definition) is 2. The summed E-state index contributed by atoms with van der Waals surface area (Å²) in [5, 5.41) is 12.4. The maximum atomic E-state index is 13.7. The summed E-state index contributed by atoms with van der Waals surface area (Å²) in [6, 6.07) is 21.2. The van der Waals surface area contributed by atoms with E-state index in [1.54, 1.807) is 11.1 Å². The maximum Gasteiger partial charge on any atom is 0.254 e. The van der Waals surface area contributed by atoms with Gasteiger partial charge < -0.3 is 5.32 Å². The van der Waals surface area contributed by atoms with Crippen LogP contribution in [0.1, 0.15) is 5.56 Å². The van der Waals surface area contributed by atoms with Gasteiger partial charge in [0.15, 0.2) is 0 Å². The van der Waals surface area contributed by atoms with Crippen LogP contribution in [0.5, 0.6) is 0 Å². The number of para-hydroxylation sites is 2. The van der Waals surface area contributed by atoms with Gasteiger partial charge in [-0.15, -0.1) is 0 Å². The van der Waals surface area contributed by atoms with Crippen LogP contribution in [-0.4, -0.2) is 32.1 Å². The number of amides is 1. The Morgan fingerprint density at radius 1 is 1.00 bits per heavy atom. The van der Waals surface area contributed by atoms with Gasteiger partial charge in [-0.05, 0) is 42.0 Å². The van der Waals surface area contributed by atoms with Gasteiger partial charge in [0.2, 0.25) is 0 Å². The minimum Gasteiger partial charge on any atom is -0.357 e. The molecular formula is C24H18N6O. The van der Waals surface area contributed by atoms with Crippen LogP contribution in [-0.2, 0) is 11.2 Å². The first-order valence-corrected chi connectivity index (χ1v) is 10.1. The molecule has 7 heteroatoms. The maximum absolute atomic E-state index is 13.7. The molecule has 1 atom stereocenters. The molecule has 1 aliphatic rings. The van der Waals surface area contributed by atoms with Gasteiger partial charge in [0.25, 0.3) is 5.91 Å². The summed E-state index contributed by atoms with van der Waals surface area (Å²) in [7, 11) is 0. The van der Waals surface area contributed by atoms with E-state index >= 15 is 0 Å². The molecule has 150 valence electrons. The molecular weight excluding hydrogens is 388 g/mol. The molecule has 0 saturated heterocycles. The summed E-state index contributed by atoms with van der Waals surface area (Å²) < 4.78 is 0. The van der Waals surface area contributed by atoms with Gasteiger partial charge in [-0.1, -0.05) is 30.3 Å². The van der Waals surface area contributed by atoms with Crippen LogP contribution >= 0.6 is 0 Å². The van der Waals surface area contributed by atoms with E-state index in [1.807, 2.05) is 60.7 Å². The summed E-state index contributed by atoms with van der Waals surface area (Å²) in [6.07, 6.45) is 3.88. The summed E-state index contributed by atoms with van der Waals surface area (Å²) in [4.78, 5) is 24.2. The standard InChI is InChI=1S/C24H18N6O/c31-24-21(28-23-18-6-2-3-7-19(18)25-14-26-23)11-15-5-1-4-8-22(15)30(24)17-10-9-16-13-27-29-20(16)12-17/h1-10,12-14,21H,11H2,(H,27,29)(H,25,26,28). The highest BCUT2D eigenvalue weighted by Crippen LogP contribution is 2.36. The molecule has 3 heterocycles. The lowest BCUT2D eigenvalue weighted by atomic mass is 9.96. The SMILES string of the molecule is O=C1C(Nc2ncnc3ccccc23)Cc2ccccc2N1c1ccc2cn[nH]c2c1. The van der Waals surface area contributed by atoms with Crippen LogP contribution in [0, 0.1) is 0 Å². The minimum absolute atomic E-state index is 0.0275. The third-order valence-corrected chi connectivity index (χ3v) is 5.71. The molecule has 31 heavy (non-hydrogen) atoms. The topological polar surface area (TPSA) is 86.8 Å². The Kier molecular flexibility index (Phi) is 3.92. The van der Waals surface area contributed by atoms with Gasteiger partial charge in [-0.25, -0.2) is 9.97 Å². The van der Waals surface area contributed by atoms with Crippen molar-refractivity contribution >= 4 is 44.9 Å². The Hall–Kier alpha value is -4.26. The van der Waals surface area contributed by atoms with Gasteiger partial charge in [0.1, 0.15) is 18.2 Å². The van der Waals surface area contributed by atoms with E-state index in [4.69, 9.17) is 0 Å². The third kappa shape index (κ3) is 2.90. The quantitative estimate of drug-likeness (QED) is 0.469. The predicted octanol–water partition coefficient (Wildman–Crippen LogP) is 4.21. The Labute approximate surface area is 177 Å². The zero-order chi connectivity index (χ0) is 20.8. The minimum atomic E-state index is -0.453. The van der Waals surface area contributed by atoms with Crippen molar-refractivity contribution in [2.45, 2.75) is 12.5 Å². The molecule has 1 aliphatic heterocycles. The zero-order valence-electron chi connectivity index (χ0n) is 16.5. The number of H-pyrrole nitrogens is 1. The van der Waals surface area contributed by atoms with Crippen LogP contribution in [0.4, 0.5) is 17.2 Å². The van der Waals surface area contributed by atoms with Crippen molar-refractivity contribution in [1.82, 2.24) is 20.2 Å². The second-order valence-electron chi connectivity index (χ2n) is 7.58. The molecule has 5 aromatic rings. The second kappa shape index (κ2) is 6.91. The smallest absolute Gasteiger partial charge is 0.254 e. The van der Waals surface area contributed by atoms with Crippen molar-refractivity contribution in [1.29, 1.82) is 0 Å². The fourth-order valence-corrected chi connectivity index (χ4v) is 4.21. The van der Waals surface area contributed by atoms with E-state index in [0.29, 0.717) is 12.2 Å². The monoisotopic (exact) mass is 406 g/mol. The van der Waals surface area contributed by atoms with Crippen LogP contribution in [0.25, 0.3) is 21.8 Å². The number of hydrogen-bond acceptors (Lipinski definition) is 5. The molecule has 0 saturated carbocycles. The normalized spacial score (nSPS) is 15.9. The number of anilines is 3. The summed E-state index contributed by atoms with van der Waals surface area (Å²) in [6.45, 7) is 0. The van der Waals surface area contributed by atoms with Crippen LogP contribution < -0.4 is 10.2 Å². The van der Waals surface area contributed by atoms with Crippen molar-refractivity contribution in [2.24, 2.45) is 0 Å². The lowest BCUT2D eigenvalue weighted by Crippen LogP contribution is -2.46. The Bertz CT molecular complexity index is 1440.